The molecule has 0 radical (unpaired) electrons. The van der Waals surface area contributed by atoms with E-state index in [0.29, 0.717) is 19.0 Å². The molecule has 0 bridgehead atoms. The lowest BCUT2D eigenvalue weighted by atomic mass is 10.2. The van der Waals surface area contributed by atoms with Crippen molar-refractivity contribution in [3.8, 4) is 5.75 Å². The Hall–Kier alpha value is -2.22. The van der Waals surface area contributed by atoms with Crippen molar-refractivity contribution in [1.82, 2.24) is 13.9 Å². The van der Waals surface area contributed by atoms with Gasteiger partial charge >= 0.3 is 0 Å². The van der Waals surface area contributed by atoms with E-state index in [-0.39, 0.29) is 46.6 Å². The van der Waals surface area contributed by atoms with Crippen molar-refractivity contribution in [2.75, 3.05) is 53.6 Å². The molecule has 1 aliphatic heterocycles. The van der Waals surface area contributed by atoms with Gasteiger partial charge in [-0.1, -0.05) is 11.6 Å². The van der Waals surface area contributed by atoms with Crippen molar-refractivity contribution in [2.45, 2.75) is 9.79 Å². The molecule has 1 amide bonds. The monoisotopic (exact) mass is 531 g/mol. The summed E-state index contributed by atoms with van der Waals surface area (Å²) in [5.74, 6) is -0.108. The van der Waals surface area contributed by atoms with Crippen LogP contribution in [0.3, 0.4) is 0 Å². The highest BCUT2D eigenvalue weighted by Crippen LogP contribution is 2.24. The first kappa shape index (κ1) is 26.4. The normalized spacial score (nSPS) is 15.3. The zero-order valence-electron chi connectivity index (χ0n) is 18.7. The summed E-state index contributed by atoms with van der Waals surface area (Å²) in [5.41, 5.74) is 0.0363. The molecule has 34 heavy (non-hydrogen) atoms. The second-order valence-corrected chi connectivity index (χ2v) is 12.0. The third kappa shape index (κ3) is 6.06. The molecule has 0 unspecified atom stereocenters. The van der Waals surface area contributed by atoms with E-state index in [2.05, 4.69) is 5.32 Å². The Labute approximate surface area is 204 Å². The number of nitrogens with one attached hydrogen (secondary N) is 1. The second kappa shape index (κ2) is 11.0. The molecular weight excluding hydrogens is 506 g/mol. The highest BCUT2D eigenvalue weighted by molar-refractivity contribution is 7.89. The third-order valence-electron chi connectivity index (χ3n) is 5.05. The number of nitrogens with zero attached hydrogens (tertiary/aromatic N) is 2. The molecule has 2 aromatic carbocycles. The Morgan fingerprint density at radius 2 is 1.68 bits per heavy atom. The van der Waals surface area contributed by atoms with E-state index in [0.717, 1.165) is 4.31 Å². The number of ether oxygens (including phenoxy) is 2. The van der Waals surface area contributed by atoms with Crippen LogP contribution in [0.1, 0.15) is 10.4 Å². The first-order chi connectivity index (χ1) is 16.0. The Balaban J connectivity index is 1.58. The predicted octanol–water partition coefficient (Wildman–Crippen LogP) is 1.42. The first-order valence-corrected chi connectivity index (χ1v) is 13.6. The maximum absolute atomic E-state index is 12.8. The van der Waals surface area contributed by atoms with Crippen molar-refractivity contribution < 1.29 is 31.1 Å². The summed E-state index contributed by atoms with van der Waals surface area (Å²) in [7, 11) is -4.41. The number of hydrogen-bond donors (Lipinski definition) is 1. The SMILES string of the molecule is CN(C)S(=O)(=O)c1ccc(OCCNC(=O)c2cc(S(=O)(=O)N3CCOCC3)ccc2Cl)cc1. The van der Waals surface area contributed by atoms with E-state index in [4.69, 9.17) is 21.1 Å². The van der Waals surface area contributed by atoms with Crippen LogP contribution in [-0.4, -0.2) is 84.9 Å². The zero-order valence-corrected chi connectivity index (χ0v) is 21.1. The fourth-order valence-electron chi connectivity index (χ4n) is 3.12. The molecule has 3 rings (SSSR count). The molecule has 13 heteroatoms. The van der Waals surface area contributed by atoms with Gasteiger partial charge in [0, 0.05) is 27.2 Å². The fourth-order valence-corrected chi connectivity index (χ4v) is 5.66. The summed E-state index contributed by atoms with van der Waals surface area (Å²) in [4.78, 5) is 12.7. The Morgan fingerprint density at radius 1 is 1.06 bits per heavy atom. The number of carbonyl (C=O) groups is 1. The minimum Gasteiger partial charge on any atom is -0.492 e. The van der Waals surface area contributed by atoms with Crippen molar-refractivity contribution in [3.63, 3.8) is 0 Å². The van der Waals surface area contributed by atoms with Crippen LogP contribution in [-0.2, 0) is 24.8 Å². The molecule has 1 heterocycles. The Kier molecular flexibility index (Phi) is 8.55. The number of benzene rings is 2. The van der Waals surface area contributed by atoms with Crippen LogP contribution < -0.4 is 10.1 Å². The average molecular weight is 532 g/mol. The smallest absolute Gasteiger partial charge is 0.252 e. The van der Waals surface area contributed by atoms with E-state index in [1.807, 2.05) is 0 Å². The van der Waals surface area contributed by atoms with Crippen molar-refractivity contribution in [3.05, 3.63) is 53.1 Å². The number of hydrogen-bond acceptors (Lipinski definition) is 7. The molecule has 186 valence electrons. The van der Waals surface area contributed by atoms with Gasteiger partial charge in [-0.3, -0.25) is 4.79 Å². The number of halogens is 1. The topological polar surface area (TPSA) is 122 Å². The van der Waals surface area contributed by atoms with Crippen LogP contribution in [0.25, 0.3) is 0 Å². The average Bonchev–Trinajstić information content (AvgIpc) is 2.82. The van der Waals surface area contributed by atoms with Crippen LogP contribution in [0.2, 0.25) is 5.02 Å². The summed E-state index contributed by atoms with van der Waals surface area (Å²) >= 11 is 6.14. The van der Waals surface area contributed by atoms with E-state index in [1.165, 1.54) is 60.9 Å². The number of amides is 1. The molecule has 10 nitrogen and oxygen atoms in total. The van der Waals surface area contributed by atoms with Crippen LogP contribution in [0.15, 0.2) is 52.3 Å². The van der Waals surface area contributed by atoms with Crippen LogP contribution in [0.5, 0.6) is 5.75 Å². The molecule has 1 saturated heterocycles. The van der Waals surface area contributed by atoms with Crippen LogP contribution in [0.4, 0.5) is 0 Å². The molecule has 0 aromatic heterocycles. The minimum atomic E-state index is -3.77. The molecule has 2 aromatic rings. The second-order valence-electron chi connectivity index (χ2n) is 7.52. The standard InChI is InChI=1S/C21H26ClN3O7S2/c1-24(2)33(27,28)17-5-3-16(4-6-17)32-12-9-23-21(26)19-15-18(7-8-20(19)22)34(29,30)25-10-13-31-14-11-25/h3-8,15H,9-14H2,1-2H3,(H,23,26). The molecular formula is C21H26ClN3O7S2. The highest BCUT2D eigenvalue weighted by Gasteiger charge is 2.27. The lowest BCUT2D eigenvalue weighted by Crippen LogP contribution is -2.40. The van der Waals surface area contributed by atoms with Gasteiger partial charge in [-0.15, -0.1) is 0 Å². The van der Waals surface area contributed by atoms with Crippen molar-refractivity contribution in [2.24, 2.45) is 0 Å². The van der Waals surface area contributed by atoms with E-state index in [9.17, 15) is 21.6 Å². The quantitative estimate of drug-likeness (QED) is 0.485. The maximum Gasteiger partial charge on any atom is 0.252 e. The van der Waals surface area contributed by atoms with E-state index < -0.39 is 26.0 Å². The maximum atomic E-state index is 12.8. The van der Waals surface area contributed by atoms with E-state index in [1.54, 1.807) is 0 Å². The molecule has 0 spiro atoms. The Bertz CT molecular complexity index is 1230. The molecule has 1 fully saturated rings. The molecule has 0 atom stereocenters. The zero-order chi connectivity index (χ0) is 24.9. The molecule has 0 aliphatic carbocycles. The van der Waals surface area contributed by atoms with Gasteiger partial charge in [0.05, 0.1) is 40.1 Å². The minimum absolute atomic E-state index is 0.0204. The molecule has 1 N–H and O–H groups in total. The largest absolute Gasteiger partial charge is 0.492 e. The van der Waals surface area contributed by atoms with E-state index >= 15 is 0 Å². The summed E-state index contributed by atoms with van der Waals surface area (Å²) in [5, 5.41) is 2.76. The van der Waals surface area contributed by atoms with Crippen LogP contribution in [0, 0.1) is 0 Å². The number of carbonyl (C=O) groups excluding carboxylic acids is 1. The summed E-state index contributed by atoms with van der Waals surface area (Å²) < 4.78 is 63.1. The molecule has 1 aliphatic rings. The lowest BCUT2D eigenvalue weighted by Gasteiger charge is -2.26. The number of morpholine rings is 1. The summed E-state index contributed by atoms with van der Waals surface area (Å²) in [6.45, 7) is 1.34. The van der Waals surface area contributed by atoms with Crippen LogP contribution >= 0.6 is 11.6 Å². The van der Waals surface area contributed by atoms with Crippen molar-refractivity contribution >= 4 is 37.6 Å². The number of rotatable bonds is 9. The molecule has 0 saturated carbocycles. The van der Waals surface area contributed by atoms with Gasteiger partial charge in [-0.25, -0.2) is 21.1 Å². The third-order valence-corrected chi connectivity index (χ3v) is 9.10. The van der Waals surface area contributed by atoms with Gasteiger partial charge in [-0.05, 0) is 42.5 Å². The summed E-state index contributed by atoms with van der Waals surface area (Å²) in [6.07, 6.45) is 0. The highest BCUT2D eigenvalue weighted by atomic mass is 35.5. The van der Waals surface area contributed by atoms with Gasteiger partial charge in [0.2, 0.25) is 20.0 Å². The Morgan fingerprint density at radius 3 is 2.29 bits per heavy atom. The van der Waals surface area contributed by atoms with Gasteiger partial charge in [0.1, 0.15) is 12.4 Å². The lowest BCUT2D eigenvalue weighted by molar-refractivity contribution is 0.0730. The van der Waals surface area contributed by atoms with Gasteiger partial charge in [0.15, 0.2) is 0 Å². The van der Waals surface area contributed by atoms with Crippen molar-refractivity contribution in [1.29, 1.82) is 0 Å². The van der Waals surface area contributed by atoms with Gasteiger partial charge in [0.25, 0.3) is 5.91 Å². The summed E-state index contributed by atoms with van der Waals surface area (Å²) in [6, 6.07) is 9.92. The first-order valence-electron chi connectivity index (χ1n) is 10.3. The predicted molar refractivity (Wildman–Crippen MR) is 126 cm³/mol. The van der Waals surface area contributed by atoms with Gasteiger partial charge < -0.3 is 14.8 Å². The number of sulfonamides is 2. The fraction of sp³-hybridized carbons (Fsp3) is 0.381. The van der Waals surface area contributed by atoms with Gasteiger partial charge in [-0.2, -0.15) is 4.31 Å².